The van der Waals surface area contributed by atoms with Crippen molar-refractivity contribution in [2.24, 2.45) is 17.3 Å². The molecule has 3 rings (SSSR count). The molecule has 3 aliphatic rings. The minimum absolute atomic E-state index is 0.0565. The topological polar surface area (TPSA) is 46.5 Å². The molecule has 0 unspecified atom stereocenters. The molecule has 2 aliphatic carbocycles. The van der Waals surface area contributed by atoms with Crippen molar-refractivity contribution in [3.8, 4) is 0 Å². The first-order valence-corrected chi connectivity index (χ1v) is 6.38. The first kappa shape index (κ1) is 11.7. The standard InChI is InChI=1S/C15H18O3/c1-8-10-6-11-9(2)12(16)4-5-15(11,3)7-13(10)18-14(8)17/h4-5,10-13,16H,1-2,6-7H2,3H3/t10-,11+,12+,13-,15+/m1/s1. The maximum Gasteiger partial charge on any atom is 0.334 e. The molecule has 3 heteroatoms. The molecule has 18 heavy (non-hydrogen) atoms. The molecule has 1 aliphatic heterocycles. The lowest BCUT2D eigenvalue weighted by molar-refractivity contribution is -0.141. The predicted molar refractivity (Wildman–Crippen MR) is 67.6 cm³/mol. The van der Waals surface area contributed by atoms with Crippen LogP contribution in [-0.2, 0) is 9.53 Å². The molecule has 3 nitrogen and oxygen atoms in total. The Morgan fingerprint density at radius 1 is 1.50 bits per heavy atom. The molecule has 1 saturated carbocycles. The van der Waals surface area contributed by atoms with Gasteiger partial charge in [0.1, 0.15) is 6.10 Å². The first-order chi connectivity index (χ1) is 8.42. The third-order valence-electron chi connectivity index (χ3n) is 4.83. The summed E-state index contributed by atoms with van der Waals surface area (Å²) in [5.74, 6) is 0.0263. The van der Waals surface area contributed by atoms with Crippen LogP contribution < -0.4 is 0 Å². The highest BCUT2D eigenvalue weighted by atomic mass is 16.6. The van der Waals surface area contributed by atoms with E-state index < -0.39 is 6.10 Å². The van der Waals surface area contributed by atoms with Crippen LogP contribution in [0.2, 0.25) is 0 Å². The van der Waals surface area contributed by atoms with Crippen molar-refractivity contribution in [1.29, 1.82) is 0 Å². The summed E-state index contributed by atoms with van der Waals surface area (Å²) in [7, 11) is 0. The van der Waals surface area contributed by atoms with Crippen LogP contribution in [0, 0.1) is 17.3 Å². The number of esters is 1. The number of hydrogen-bond donors (Lipinski definition) is 1. The lowest BCUT2D eigenvalue weighted by atomic mass is 9.58. The smallest absolute Gasteiger partial charge is 0.334 e. The molecule has 1 heterocycles. The molecule has 1 saturated heterocycles. The molecule has 96 valence electrons. The van der Waals surface area contributed by atoms with Gasteiger partial charge in [-0.05, 0) is 29.7 Å². The minimum Gasteiger partial charge on any atom is -0.458 e. The Hall–Kier alpha value is -1.35. The van der Waals surface area contributed by atoms with Gasteiger partial charge in [0.2, 0.25) is 0 Å². The van der Waals surface area contributed by atoms with Gasteiger partial charge in [-0.1, -0.05) is 32.2 Å². The number of carbonyl (C=O) groups excluding carboxylic acids is 1. The monoisotopic (exact) mass is 246 g/mol. The van der Waals surface area contributed by atoms with Crippen LogP contribution in [0.15, 0.2) is 36.5 Å². The van der Waals surface area contributed by atoms with Crippen LogP contribution >= 0.6 is 0 Å². The molecule has 2 fully saturated rings. The van der Waals surface area contributed by atoms with Crippen molar-refractivity contribution in [3.63, 3.8) is 0 Å². The third kappa shape index (κ3) is 1.43. The molecular formula is C15H18O3. The van der Waals surface area contributed by atoms with Gasteiger partial charge in [-0.25, -0.2) is 4.79 Å². The van der Waals surface area contributed by atoms with Gasteiger partial charge in [0.25, 0.3) is 0 Å². The largest absolute Gasteiger partial charge is 0.458 e. The van der Waals surface area contributed by atoms with Crippen molar-refractivity contribution in [2.75, 3.05) is 0 Å². The van der Waals surface area contributed by atoms with E-state index in [2.05, 4.69) is 26.2 Å². The summed E-state index contributed by atoms with van der Waals surface area (Å²) >= 11 is 0. The second-order valence-corrected chi connectivity index (χ2v) is 5.95. The summed E-state index contributed by atoms with van der Waals surface area (Å²) in [5, 5.41) is 9.88. The average molecular weight is 246 g/mol. The highest BCUT2D eigenvalue weighted by Gasteiger charge is 2.52. The molecule has 5 atom stereocenters. The second-order valence-electron chi connectivity index (χ2n) is 5.95. The van der Waals surface area contributed by atoms with E-state index in [1.807, 2.05) is 0 Å². The Bertz CT molecular complexity index is 476. The normalized spacial score (nSPS) is 46.7. The molecule has 0 aromatic heterocycles. The van der Waals surface area contributed by atoms with Gasteiger partial charge in [0.15, 0.2) is 0 Å². The number of carbonyl (C=O) groups is 1. The summed E-state index contributed by atoms with van der Waals surface area (Å²) < 4.78 is 5.39. The molecule has 0 amide bonds. The highest BCUT2D eigenvalue weighted by Crippen LogP contribution is 2.54. The Morgan fingerprint density at radius 2 is 2.22 bits per heavy atom. The molecule has 0 aromatic rings. The molecule has 0 spiro atoms. The van der Waals surface area contributed by atoms with Crippen molar-refractivity contribution >= 4 is 5.97 Å². The molecule has 0 bridgehead atoms. The fourth-order valence-electron chi connectivity index (χ4n) is 3.65. The molecular weight excluding hydrogens is 228 g/mol. The van der Waals surface area contributed by atoms with Crippen LogP contribution in [0.25, 0.3) is 0 Å². The number of allylic oxidation sites excluding steroid dienone is 1. The van der Waals surface area contributed by atoms with Crippen LogP contribution in [-0.4, -0.2) is 23.3 Å². The Morgan fingerprint density at radius 3 is 2.94 bits per heavy atom. The SMILES string of the molecule is C=C1C(=O)O[C@@H]2C[C@]3(C)C=C[C@H](O)C(=C)[C@@H]3C[C@H]12. The molecule has 0 radical (unpaired) electrons. The Kier molecular flexibility index (Phi) is 2.33. The number of hydrogen-bond acceptors (Lipinski definition) is 3. The van der Waals surface area contributed by atoms with Crippen LogP contribution in [0.4, 0.5) is 0 Å². The highest BCUT2D eigenvalue weighted by molar-refractivity contribution is 5.90. The summed E-state index contributed by atoms with van der Waals surface area (Å²) in [5.41, 5.74) is 1.37. The zero-order chi connectivity index (χ0) is 13.1. The quantitative estimate of drug-likeness (QED) is 0.404. The van der Waals surface area contributed by atoms with Gasteiger partial charge in [-0.3, -0.25) is 0 Å². The van der Waals surface area contributed by atoms with Gasteiger partial charge in [-0.15, -0.1) is 0 Å². The van der Waals surface area contributed by atoms with Crippen LogP contribution in [0.3, 0.4) is 0 Å². The van der Waals surface area contributed by atoms with Gasteiger partial charge < -0.3 is 9.84 Å². The van der Waals surface area contributed by atoms with E-state index in [4.69, 9.17) is 4.74 Å². The fraction of sp³-hybridized carbons (Fsp3) is 0.533. The lowest BCUT2D eigenvalue weighted by Crippen LogP contribution is -2.44. The van der Waals surface area contributed by atoms with Gasteiger partial charge >= 0.3 is 5.97 Å². The predicted octanol–water partition coefficient (Wildman–Crippen LogP) is 1.99. The van der Waals surface area contributed by atoms with E-state index in [-0.39, 0.29) is 29.3 Å². The van der Waals surface area contributed by atoms with Gasteiger partial charge in [0.05, 0.1) is 6.10 Å². The van der Waals surface area contributed by atoms with Crippen molar-refractivity contribution in [2.45, 2.75) is 32.0 Å². The van der Waals surface area contributed by atoms with E-state index in [0.717, 1.165) is 18.4 Å². The number of aliphatic hydroxyl groups is 1. The molecule has 0 aromatic carbocycles. The maximum absolute atomic E-state index is 11.6. The van der Waals surface area contributed by atoms with Crippen LogP contribution in [0.5, 0.6) is 0 Å². The number of rotatable bonds is 0. The minimum atomic E-state index is -0.564. The van der Waals surface area contributed by atoms with E-state index in [0.29, 0.717) is 5.57 Å². The number of fused-ring (bicyclic) bond motifs is 2. The number of aliphatic hydroxyl groups excluding tert-OH is 1. The van der Waals surface area contributed by atoms with E-state index in [1.165, 1.54) is 0 Å². The zero-order valence-corrected chi connectivity index (χ0v) is 10.6. The average Bonchev–Trinajstić information content (AvgIpc) is 2.58. The summed E-state index contributed by atoms with van der Waals surface area (Å²) in [4.78, 5) is 11.6. The number of ether oxygens (including phenoxy) is 1. The maximum atomic E-state index is 11.6. The summed E-state index contributed by atoms with van der Waals surface area (Å²) in [6.45, 7) is 10.0. The first-order valence-electron chi connectivity index (χ1n) is 6.38. The van der Waals surface area contributed by atoms with E-state index in [1.54, 1.807) is 6.08 Å². The lowest BCUT2D eigenvalue weighted by Gasteiger charge is -2.47. The van der Waals surface area contributed by atoms with Crippen LogP contribution in [0.1, 0.15) is 19.8 Å². The Labute approximate surface area is 107 Å². The van der Waals surface area contributed by atoms with Gasteiger partial charge in [0, 0.05) is 11.5 Å². The molecule has 1 N–H and O–H groups in total. The second kappa shape index (κ2) is 3.58. The summed E-state index contributed by atoms with van der Waals surface area (Å²) in [6, 6.07) is 0. The third-order valence-corrected chi connectivity index (χ3v) is 4.83. The van der Waals surface area contributed by atoms with Crippen molar-refractivity contribution in [1.82, 2.24) is 0 Å². The van der Waals surface area contributed by atoms with E-state index >= 15 is 0 Å². The Balaban J connectivity index is 1.96. The van der Waals surface area contributed by atoms with Gasteiger partial charge in [-0.2, -0.15) is 0 Å². The van der Waals surface area contributed by atoms with E-state index in [9.17, 15) is 9.90 Å². The summed E-state index contributed by atoms with van der Waals surface area (Å²) in [6.07, 6.45) is 4.82. The van der Waals surface area contributed by atoms with Crippen molar-refractivity contribution in [3.05, 3.63) is 36.5 Å². The fourth-order valence-corrected chi connectivity index (χ4v) is 3.65. The van der Waals surface area contributed by atoms with Crippen molar-refractivity contribution < 1.29 is 14.6 Å². The zero-order valence-electron chi connectivity index (χ0n) is 10.6.